The van der Waals surface area contributed by atoms with E-state index in [1.54, 1.807) is 0 Å². The number of hydrogen-bond acceptors (Lipinski definition) is 0. The molecule has 0 saturated heterocycles. The highest BCUT2D eigenvalue weighted by Crippen LogP contribution is 2.20. The summed E-state index contributed by atoms with van der Waals surface area (Å²) in [6.07, 6.45) is 4.71. The first-order valence-corrected chi connectivity index (χ1v) is 4.56. The molecule has 1 heteroatoms. The zero-order valence-corrected chi connectivity index (χ0v) is 8.60. The maximum Gasteiger partial charge on any atom is -0.0274 e. The SMILES string of the molecule is CC(C)(C)CCC=CI. The summed E-state index contributed by atoms with van der Waals surface area (Å²) in [6.45, 7) is 6.82. The minimum Gasteiger partial charge on any atom is -0.0784 e. The van der Waals surface area contributed by atoms with Crippen LogP contribution in [0.1, 0.15) is 33.6 Å². The average Bonchev–Trinajstić information content (AvgIpc) is 1.63. The van der Waals surface area contributed by atoms with Crippen LogP contribution in [0, 0.1) is 5.41 Å². The number of hydrogen-bond donors (Lipinski definition) is 0. The highest BCUT2D eigenvalue weighted by molar-refractivity contribution is 14.1. The molecular formula is C8H15I. The van der Waals surface area contributed by atoms with E-state index in [0.29, 0.717) is 5.41 Å². The molecule has 0 fully saturated rings. The van der Waals surface area contributed by atoms with Crippen LogP contribution in [0.5, 0.6) is 0 Å². The van der Waals surface area contributed by atoms with Crippen molar-refractivity contribution in [1.82, 2.24) is 0 Å². The van der Waals surface area contributed by atoms with Gasteiger partial charge >= 0.3 is 0 Å². The van der Waals surface area contributed by atoms with Gasteiger partial charge in [-0.2, -0.15) is 0 Å². The highest BCUT2D eigenvalue weighted by atomic mass is 127. The van der Waals surface area contributed by atoms with Gasteiger partial charge in [0.25, 0.3) is 0 Å². The van der Waals surface area contributed by atoms with Crippen molar-refractivity contribution in [2.24, 2.45) is 5.41 Å². The summed E-state index contributed by atoms with van der Waals surface area (Å²) >= 11 is 2.26. The Labute approximate surface area is 71.9 Å². The molecule has 0 aromatic rings. The first kappa shape index (κ1) is 9.47. The molecule has 0 radical (unpaired) electrons. The van der Waals surface area contributed by atoms with Gasteiger partial charge in [0.05, 0.1) is 0 Å². The topological polar surface area (TPSA) is 0 Å². The van der Waals surface area contributed by atoms with E-state index in [0.717, 1.165) is 0 Å². The van der Waals surface area contributed by atoms with Gasteiger partial charge in [-0.3, -0.25) is 0 Å². The molecule has 0 aliphatic rings. The standard InChI is InChI=1S/C8H15I/c1-8(2,3)6-4-5-7-9/h5,7H,4,6H2,1-3H3. The molecule has 0 bridgehead atoms. The van der Waals surface area contributed by atoms with Gasteiger partial charge in [0.15, 0.2) is 0 Å². The lowest BCUT2D eigenvalue weighted by Crippen LogP contribution is -2.02. The molecule has 0 heterocycles. The third-order valence-corrected chi connectivity index (χ3v) is 1.66. The molecule has 0 aliphatic heterocycles. The van der Waals surface area contributed by atoms with E-state index in [4.69, 9.17) is 0 Å². The van der Waals surface area contributed by atoms with Gasteiger partial charge in [-0.1, -0.05) is 49.4 Å². The lowest BCUT2D eigenvalue weighted by atomic mass is 9.91. The molecule has 0 aliphatic carbocycles. The van der Waals surface area contributed by atoms with Crippen LogP contribution in [0.2, 0.25) is 0 Å². The monoisotopic (exact) mass is 238 g/mol. The highest BCUT2D eigenvalue weighted by Gasteiger charge is 2.06. The van der Waals surface area contributed by atoms with E-state index < -0.39 is 0 Å². The second kappa shape index (κ2) is 4.31. The van der Waals surface area contributed by atoms with Crippen molar-refractivity contribution in [3.63, 3.8) is 0 Å². The summed E-state index contributed by atoms with van der Waals surface area (Å²) in [7, 11) is 0. The second-order valence-electron chi connectivity index (χ2n) is 3.46. The molecule has 0 aromatic heterocycles. The first-order chi connectivity index (χ1) is 4.06. The zero-order chi connectivity index (χ0) is 7.33. The van der Waals surface area contributed by atoms with E-state index in [9.17, 15) is 0 Å². The van der Waals surface area contributed by atoms with Crippen LogP contribution in [0.15, 0.2) is 10.2 Å². The maximum atomic E-state index is 2.27. The molecule has 0 saturated carbocycles. The summed E-state index contributed by atoms with van der Waals surface area (Å²) in [5.41, 5.74) is 0.496. The molecule has 0 nitrogen and oxygen atoms in total. The van der Waals surface area contributed by atoms with Gasteiger partial charge in [-0.25, -0.2) is 0 Å². The Morgan fingerprint density at radius 2 is 1.89 bits per heavy atom. The molecule has 54 valence electrons. The van der Waals surface area contributed by atoms with Crippen LogP contribution in [0.4, 0.5) is 0 Å². The van der Waals surface area contributed by atoms with E-state index in [1.165, 1.54) is 12.8 Å². The first-order valence-electron chi connectivity index (χ1n) is 3.31. The summed E-state index contributed by atoms with van der Waals surface area (Å²) < 4.78 is 2.09. The van der Waals surface area contributed by atoms with Gasteiger partial charge in [0.1, 0.15) is 0 Å². The van der Waals surface area contributed by atoms with E-state index in [2.05, 4.69) is 53.5 Å². The largest absolute Gasteiger partial charge is 0.0784 e. The Morgan fingerprint density at radius 3 is 2.22 bits per heavy atom. The minimum absolute atomic E-state index is 0.496. The third kappa shape index (κ3) is 8.47. The van der Waals surface area contributed by atoms with Crippen LogP contribution in [0.3, 0.4) is 0 Å². The predicted octanol–water partition coefficient (Wildman–Crippen LogP) is 3.76. The van der Waals surface area contributed by atoms with Gasteiger partial charge in [-0.15, -0.1) is 0 Å². The summed E-state index contributed by atoms with van der Waals surface area (Å²) in [4.78, 5) is 0. The fourth-order valence-corrected chi connectivity index (χ4v) is 0.939. The van der Waals surface area contributed by atoms with E-state index in [1.807, 2.05) is 0 Å². The number of rotatable bonds is 2. The van der Waals surface area contributed by atoms with Crippen molar-refractivity contribution in [3.05, 3.63) is 10.2 Å². The van der Waals surface area contributed by atoms with Crippen molar-refractivity contribution in [3.8, 4) is 0 Å². The maximum absolute atomic E-state index is 2.27. The molecule has 9 heavy (non-hydrogen) atoms. The van der Waals surface area contributed by atoms with Crippen molar-refractivity contribution < 1.29 is 0 Å². The third-order valence-electron chi connectivity index (χ3n) is 1.15. The number of allylic oxidation sites excluding steroid dienone is 1. The Kier molecular flexibility index (Phi) is 4.54. The fourth-order valence-electron chi connectivity index (χ4n) is 0.579. The summed E-state index contributed by atoms with van der Waals surface area (Å²) in [5.74, 6) is 0. The second-order valence-corrected chi connectivity index (χ2v) is 4.18. The van der Waals surface area contributed by atoms with Crippen LogP contribution >= 0.6 is 22.6 Å². The molecule has 0 rings (SSSR count). The lowest BCUT2D eigenvalue weighted by molar-refractivity contribution is 0.381. The molecular weight excluding hydrogens is 223 g/mol. The quantitative estimate of drug-likeness (QED) is 0.642. The van der Waals surface area contributed by atoms with Gasteiger partial charge < -0.3 is 0 Å². The Balaban J connectivity index is 3.28. The van der Waals surface area contributed by atoms with Gasteiger partial charge in [-0.05, 0) is 22.3 Å². The molecule has 0 amide bonds. The molecule has 0 spiro atoms. The van der Waals surface area contributed by atoms with Gasteiger partial charge in [0, 0.05) is 0 Å². The zero-order valence-electron chi connectivity index (χ0n) is 6.45. The van der Waals surface area contributed by atoms with Crippen molar-refractivity contribution >= 4 is 22.6 Å². The Morgan fingerprint density at radius 1 is 1.33 bits per heavy atom. The lowest BCUT2D eigenvalue weighted by Gasteiger charge is -2.15. The van der Waals surface area contributed by atoms with Crippen LogP contribution in [-0.4, -0.2) is 0 Å². The Hall–Kier alpha value is 0.470. The molecule has 0 aromatic carbocycles. The summed E-state index contributed by atoms with van der Waals surface area (Å²) in [6, 6.07) is 0. The van der Waals surface area contributed by atoms with Crippen LogP contribution in [-0.2, 0) is 0 Å². The minimum atomic E-state index is 0.496. The fraction of sp³-hybridized carbons (Fsp3) is 0.750. The molecule has 0 atom stereocenters. The predicted molar refractivity (Wildman–Crippen MR) is 51.8 cm³/mol. The van der Waals surface area contributed by atoms with Crippen LogP contribution < -0.4 is 0 Å². The molecule has 0 N–H and O–H groups in total. The van der Waals surface area contributed by atoms with E-state index in [-0.39, 0.29) is 0 Å². The Bertz CT molecular complexity index is 87.2. The van der Waals surface area contributed by atoms with E-state index >= 15 is 0 Å². The van der Waals surface area contributed by atoms with Gasteiger partial charge in [0.2, 0.25) is 0 Å². The van der Waals surface area contributed by atoms with Crippen molar-refractivity contribution in [2.45, 2.75) is 33.6 Å². The normalized spacial score (nSPS) is 12.9. The van der Waals surface area contributed by atoms with Crippen molar-refractivity contribution in [1.29, 1.82) is 0 Å². The van der Waals surface area contributed by atoms with Crippen molar-refractivity contribution in [2.75, 3.05) is 0 Å². The average molecular weight is 238 g/mol. The molecule has 0 unspecified atom stereocenters. The van der Waals surface area contributed by atoms with Crippen LogP contribution in [0.25, 0.3) is 0 Å². The smallest absolute Gasteiger partial charge is 0.0274 e. The summed E-state index contributed by atoms with van der Waals surface area (Å²) in [5, 5.41) is 0. The number of halogens is 1.